The summed E-state index contributed by atoms with van der Waals surface area (Å²) in [5.74, 6) is 6.62. The zero-order chi connectivity index (χ0) is 13.5. The largest absolute Gasteiger partial charge is 0.378 e. The van der Waals surface area contributed by atoms with Gasteiger partial charge in [0.15, 0.2) is 0 Å². The smallest absolute Gasteiger partial charge is 0.0576 e. The van der Waals surface area contributed by atoms with Gasteiger partial charge in [0.2, 0.25) is 0 Å². The van der Waals surface area contributed by atoms with E-state index in [4.69, 9.17) is 10.6 Å². The first kappa shape index (κ1) is 15.3. The molecule has 0 radical (unpaired) electrons. The number of thioether (sulfide) groups is 1. The Hall–Kier alpha value is -0.0700. The maximum atomic E-state index is 5.65. The van der Waals surface area contributed by atoms with Gasteiger partial charge < -0.3 is 4.74 Å². The van der Waals surface area contributed by atoms with E-state index in [-0.39, 0.29) is 0 Å². The second-order valence-electron chi connectivity index (χ2n) is 4.82. The van der Waals surface area contributed by atoms with E-state index >= 15 is 0 Å². The minimum absolute atomic E-state index is 0.335. The van der Waals surface area contributed by atoms with Gasteiger partial charge in [-0.3, -0.25) is 11.3 Å². The molecule has 0 aliphatic carbocycles. The van der Waals surface area contributed by atoms with Crippen molar-refractivity contribution in [3.8, 4) is 0 Å². The number of ether oxygens (including phenoxy) is 1. The van der Waals surface area contributed by atoms with Gasteiger partial charge in [0.1, 0.15) is 0 Å². The number of rotatable bonds is 7. The number of hydrogen-bond acceptors (Lipinski definition) is 4. The van der Waals surface area contributed by atoms with Gasteiger partial charge in [0.25, 0.3) is 0 Å². The van der Waals surface area contributed by atoms with E-state index in [1.54, 1.807) is 0 Å². The summed E-state index contributed by atoms with van der Waals surface area (Å²) in [7, 11) is 0. The third kappa shape index (κ3) is 5.08. The SMILES string of the molecule is NNC(CCC1CCCO1)CSc1ccccc1Br. The van der Waals surface area contributed by atoms with E-state index in [1.807, 2.05) is 17.8 Å². The molecule has 5 heteroatoms. The van der Waals surface area contributed by atoms with Gasteiger partial charge >= 0.3 is 0 Å². The van der Waals surface area contributed by atoms with Crippen molar-refractivity contribution in [2.75, 3.05) is 12.4 Å². The summed E-state index contributed by atoms with van der Waals surface area (Å²) < 4.78 is 6.79. The van der Waals surface area contributed by atoms with Crippen LogP contribution in [0.3, 0.4) is 0 Å². The summed E-state index contributed by atoms with van der Waals surface area (Å²) in [5, 5.41) is 0. The molecule has 1 aliphatic rings. The molecule has 0 saturated carbocycles. The fourth-order valence-corrected chi connectivity index (χ4v) is 3.88. The Morgan fingerprint density at radius 2 is 2.32 bits per heavy atom. The fourth-order valence-electron chi connectivity index (χ4n) is 2.23. The molecule has 1 fully saturated rings. The van der Waals surface area contributed by atoms with E-state index in [9.17, 15) is 0 Å². The zero-order valence-corrected chi connectivity index (χ0v) is 13.4. The molecular formula is C14H21BrN2OS. The summed E-state index contributed by atoms with van der Waals surface area (Å²) in [6.45, 7) is 0.928. The van der Waals surface area contributed by atoms with Crippen molar-refractivity contribution in [1.82, 2.24) is 5.43 Å². The van der Waals surface area contributed by atoms with Crippen LogP contribution in [0.5, 0.6) is 0 Å². The Kier molecular flexibility index (Phi) is 6.67. The first-order valence-electron chi connectivity index (χ1n) is 6.74. The average molecular weight is 345 g/mol. The first-order valence-corrected chi connectivity index (χ1v) is 8.52. The molecule has 1 aromatic carbocycles. The Labute approximate surface area is 127 Å². The maximum Gasteiger partial charge on any atom is 0.0576 e. The standard InChI is InChI=1S/C14H21BrN2OS/c15-13-5-1-2-6-14(13)19-10-11(17-16)7-8-12-4-3-9-18-12/h1-2,5-6,11-12,17H,3-4,7-10,16H2. The van der Waals surface area contributed by atoms with Crippen LogP contribution in [-0.4, -0.2) is 24.5 Å². The lowest BCUT2D eigenvalue weighted by molar-refractivity contribution is 0.100. The van der Waals surface area contributed by atoms with Gasteiger partial charge in [0.05, 0.1) is 6.10 Å². The molecular weight excluding hydrogens is 324 g/mol. The van der Waals surface area contributed by atoms with Crippen LogP contribution in [0.25, 0.3) is 0 Å². The summed E-state index contributed by atoms with van der Waals surface area (Å²) in [6.07, 6.45) is 5.03. The lowest BCUT2D eigenvalue weighted by Gasteiger charge is -2.18. The number of nitrogens with two attached hydrogens (primary N) is 1. The van der Waals surface area contributed by atoms with Gasteiger partial charge in [-0.15, -0.1) is 11.8 Å². The van der Waals surface area contributed by atoms with Crippen molar-refractivity contribution in [3.05, 3.63) is 28.7 Å². The number of halogens is 1. The minimum atomic E-state index is 0.335. The molecule has 1 aromatic rings. The van der Waals surface area contributed by atoms with Gasteiger partial charge in [-0.2, -0.15) is 0 Å². The van der Waals surface area contributed by atoms with Crippen LogP contribution >= 0.6 is 27.7 Å². The van der Waals surface area contributed by atoms with Crippen LogP contribution in [0.2, 0.25) is 0 Å². The summed E-state index contributed by atoms with van der Waals surface area (Å²) in [6, 6.07) is 8.62. The Morgan fingerprint density at radius 1 is 1.47 bits per heavy atom. The van der Waals surface area contributed by atoms with E-state index < -0.39 is 0 Å². The predicted octanol–water partition coefficient (Wildman–Crippen LogP) is 3.33. The topological polar surface area (TPSA) is 47.3 Å². The number of nitrogens with one attached hydrogen (secondary N) is 1. The van der Waals surface area contributed by atoms with Crippen molar-refractivity contribution in [1.29, 1.82) is 0 Å². The molecule has 0 spiro atoms. The lowest BCUT2D eigenvalue weighted by Crippen LogP contribution is -2.37. The lowest BCUT2D eigenvalue weighted by atomic mass is 10.1. The molecule has 3 nitrogen and oxygen atoms in total. The van der Waals surface area contributed by atoms with Crippen LogP contribution in [0, 0.1) is 0 Å². The van der Waals surface area contributed by atoms with Gasteiger partial charge in [-0.1, -0.05) is 12.1 Å². The maximum absolute atomic E-state index is 5.65. The second-order valence-corrected chi connectivity index (χ2v) is 6.73. The highest BCUT2D eigenvalue weighted by Crippen LogP contribution is 2.28. The fraction of sp³-hybridized carbons (Fsp3) is 0.571. The van der Waals surface area contributed by atoms with Crippen LogP contribution in [-0.2, 0) is 4.74 Å². The number of hydrazine groups is 1. The normalized spacial score (nSPS) is 20.6. The highest BCUT2D eigenvalue weighted by Gasteiger charge is 2.17. The van der Waals surface area contributed by atoms with Crippen LogP contribution in [0.4, 0.5) is 0 Å². The van der Waals surface area contributed by atoms with Crippen LogP contribution in [0.1, 0.15) is 25.7 Å². The second kappa shape index (κ2) is 8.27. The number of benzene rings is 1. The highest BCUT2D eigenvalue weighted by molar-refractivity contribution is 9.10. The van der Waals surface area contributed by atoms with Crippen molar-refractivity contribution in [2.24, 2.45) is 5.84 Å². The van der Waals surface area contributed by atoms with Gasteiger partial charge in [-0.25, -0.2) is 0 Å². The van der Waals surface area contributed by atoms with Gasteiger partial charge in [0, 0.05) is 27.8 Å². The van der Waals surface area contributed by atoms with E-state index in [2.05, 4.69) is 39.6 Å². The summed E-state index contributed by atoms with van der Waals surface area (Å²) >= 11 is 5.40. The predicted molar refractivity (Wildman–Crippen MR) is 84.2 cm³/mol. The summed E-state index contributed by atoms with van der Waals surface area (Å²) in [4.78, 5) is 1.26. The molecule has 1 aliphatic heterocycles. The first-order chi connectivity index (χ1) is 9.29. The quantitative estimate of drug-likeness (QED) is 0.452. The molecule has 0 amide bonds. The van der Waals surface area contributed by atoms with E-state index in [0.717, 1.165) is 29.7 Å². The molecule has 1 saturated heterocycles. The molecule has 2 unspecified atom stereocenters. The van der Waals surface area contributed by atoms with Crippen molar-refractivity contribution in [3.63, 3.8) is 0 Å². The minimum Gasteiger partial charge on any atom is -0.378 e. The molecule has 0 bridgehead atoms. The molecule has 3 N–H and O–H groups in total. The van der Waals surface area contributed by atoms with Gasteiger partial charge in [-0.05, 0) is 53.7 Å². The van der Waals surface area contributed by atoms with Crippen LogP contribution in [0.15, 0.2) is 33.6 Å². The van der Waals surface area contributed by atoms with E-state index in [0.29, 0.717) is 12.1 Å². The average Bonchev–Trinajstić information content (AvgIpc) is 2.94. The van der Waals surface area contributed by atoms with Crippen molar-refractivity contribution < 1.29 is 4.74 Å². The molecule has 0 aromatic heterocycles. The van der Waals surface area contributed by atoms with Crippen molar-refractivity contribution in [2.45, 2.75) is 42.7 Å². The summed E-state index contributed by atoms with van der Waals surface area (Å²) in [5.41, 5.74) is 2.92. The Morgan fingerprint density at radius 3 is 3.00 bits per heavy atom. The highest BCUT2D eigenvalue weighted by atomic mass is 79.9. The molecule has 1 heterocycles. The van der Waals surface area contributed by atoms with E-state index in [1.165, 1.54) is 17.7 Å². The van der Waals surface area contributed by atoms with Crippen LogP contribution < -0.4 is 11.3 Å². The molecule has 2 rings (SSSR count). The third-order valence-electron chi connectivity index (χ3n) is 3.37. The molecule has 106 valence electrons. The zero-order valence-electron chi connectivity index (χ0n) is 11.0. The third-order valence-corrected chi connectivity index (χ3v) is 5.56. The molecule has 19 heavy (non-hydrogen) atoms. The number of hydrogen-bond donors (Lipinski definition) is 2. The Bertz CT molecular complexity index is 385. The monoisotopic (exact) mass is 344 g/mol. The Balaban J connectivity index is 1.74. The van der Waals surface area contributed by atoms with Crippen molar-refractivity contribution >= 4 is 27.7 Å². The molecule has 2 atom stereocenters.